The van der Waals surface area contributed by atoms with Crippen LogP contribution in [-0.4, -0.2) is 44.9 Å². The average Bonchev–Trinajstić information content (AvgIpc) is 2.81. The smallest absolute Gasteiger partial charge is 0.315 e. The highest BCUT2D eigenvalue weighted by molar-refractivity contribution is 5.76. The summed E-state index contributed by atoms with van der Waals surface area (Å²) in [6, 6.07) is 10.9. The number of benzene rings is 2. The Bertz CT molecular complexity index is 1000. The highest BCUT2D eigenvalue weighted by Gasteiger charge is 2.25. The first-order valence-electron chi connectivity index (χ1n) is 11.8. The molecule has 8 nitrogen and oxygen atoms in total. The number of carbonyl (C=O) groups excluding carboxylic acids is 2. The minimum atomic E-state index is -0.619. The molecule has 2 amide bonds. The van der Waals surface area contributed by atoms with Gasteiger partial charge in [0.05, 0.1) is 18.6 Å². The third kappa shape index (κ3) is 9.13. The molecule has 4 N–H and O–H groups in total. The van der Waals surface area contributed by atoms with Crippen LogP contribution in [0.3, 0.4) is 0 Å². The number of hydrogen-bond acceptors (Lipinski definition) is 6. The van der Waals surface area contributed by atoms with Gasteiger partial charge < -0.3 is 30.6 Å². The minimum Gasteiger partial charge on any atom is -0.493 e. The number of urea groups is 1. The quantitative estimate of drug-likeness (QED) is 0.419. The van der Waals surface area contributed by atoms with Crippen molar-refractivity contribution in [1.29, 1.82) is 0 Å². The zero-order valence-electron chi connectivity index (χ0n) is 21.7. The normalized spacial score (nSPS) is 12.0. The molecule has 0 aliphatic rings. The average molecular weight is 486 g/mol. The van der Waals surface area contributed by atoms with E-state index < -0.39 is 5.41 Å². The van der Waals surface area contributed by atoms with Crippen molar-refractivity contribution in [2.45, 2.75) is 53.6 Å². The van der Waals surface area contributed by atoms with Gasteiger partial charge in [0, 0.05) is 13.1 Å². The standard InChI is InChI=1S/C27H39N3O5/c1-18-7-8-20(13-19(18)2)14-22(17-35-25(31)27(3,4)5)30-26(32)29-16-21-9-10-23(34-12-11-28)24(15-21)33-6/h7-10,13,15,22H,11-12,14,16-17,28H2,1-6H3,(H2,29,30,32). The SMILES string of the molecule is COc1cc(CNC(=O)NC(COC(=O)C(C)(C)C)Cc2ccc(C)c(C)c2)ccc1OCCN. The monoisotopic (exact) mass is 485 g/mol. The molecule has 35 heavy (non-hydrogen) atoms. The number of nitrogens with two attached hydrogens (primary N) is 1. The lowest BCUT2D eigenvalue weighted by atomic mass is 9.97. The highest BCUT2D eigenvalue weighted by Crippen LogP contribution is 2.28. The van der Waals surface area contributed by atoms with Gasteiger partial charge in [0.1, 0.15) is 13.2 Å². The molecule has 2 aromatic rings. The second kappa shape index (κ2) is 13.0. The van der Waals surface area contributed by atoms with E-state index in [-0.39, 0.29) is 31.2 Å². The topological polar surface area (TPSA) is 112 Å². The minimum absolute atomic E-state index is 0.0808. The van der Waals surface area contributed by atoms with Crippen molar-refractivity contribution in [3.05, 3.63) is 58.7 Å². The maximum absolute atomic E-state index is 12.7. The van der Waals surface area contributed by atoms with Crippen molar-refractivity contribution in [3.8, 4) is 11.5 Å². The van der Waals surface area contributed by atoms with Gasteiger partial charge in [0.2, 0.25) is 0 Å². The summed E-state index contributed by atoms with van der Waals surface area (Å²) in [6.45, 7) is 10.7. The molecule has 1 unspecified atom stereocenters. The van der Waals surface area contributed by atoms with Gasteiger partial charge in [-0.25, -0.2) is 4.79 Å². The van der Waals surface area contributed by atoms with Crippen LogP contribution in [0.4, 0.5) is 4.79 Å². The Morgan fingerprint density at radius 3 is 2.34 bits per heavy atom. The number of rotatable bonds is 11. The van der Waals surface area contributed by atoms with Gasteiger partial charge in [0.15, 0.2) is 11.5 Å². The Morgan fingerprint density at radius 2 is 1.71 bits per heavy atom. The summed E-state index contributed by atoms with van der Waals surface area (Å²) in [6.07, 6.45) is 0.535. The fourth-order valence-corrected chi connectivity index (χ4v) is 3.29. The highest BCUT2D eigenvalue weighted by atomic mass is 16.5. The third-order valence-corrected chi connectivity index (χ3v) is 5.47. The molecular weight excluding hydrogens is 446 g/mol. The molecule has 0 radical (unpaired) electrons. The Labute approximate surface area is 208 Å². The van der Waals surface area contributed by atoms with Crippen molar-refractivity contribution >= 4 is 12.0 Å². The van der Waals surface area contributed by atoms with Crippen molar-refractivity contribution < 1.29 is 23.8 Å². The second-order valence-corrected chi connectivity index (χ2v) is 9.62. The number of esters is 1. The largest absolute Gasteiger partial charge is 0.493 e. The number of methoxy groups -OCH3 is 1. The summed E-state index contributed by atoms with van der Waals surface area (Å²) in [5, 5.41) is 5.81. The maximum Gasteiger partial charge on any atom is 0.315 e. The number of aryl methyl sites for hydroxylation is 2. The molecular formula is C27H39N3O5. The van der Waals surface area contributed by atoms with E-state index in [2.05, 4.69) is 29.7 Å². The molecule has 0 aromatic heterocycles. The van der Waals surface area contributed by atoms with E-state index >= 15 is 0 Å². The van der Waals surface area contributed by atoms with Crippen LogP contribution >= 0.6 is 0 Å². The molecule has 8 heteroatoms. The number of carbonyl (C=O) groups is 2. The van der Waals surface area contributed by atoms with Crippen molar-refractivity contribution in [2.75, 3.05) is 26.9 Å². The summed E-state index contributed by atoms with van der Waals surface area (Å²) in [5.41, 5.74) is 9.15. The summed E-state index contributed by atoms with van der Waals surface area (Å²) < 4.78 is 16.5. The Hall–Kier alpha value is -3.26. The molecule has 2 rings (SSSR count). The first-order chi connectivity index (χ1) is 16.5. The number of amides is 2. The van der Waals surface area contributed by atoms with Gasteiger partial charge >= 0.3 is 12.0 Å². The predicted octanol–water partition coefficient (Wildman–Crippen LogP) is 3.65. The summed E-state index contributed by atoms with van der Waals surface area (Å²) in [4.78, 5) is 25.0. The van der Waals surface area contributed by atoms with Gasteiger partial charge in [-0.2, -0.15) is 0 Å². The third-order valence-electron chi connectivity index (χ3n) is 5.47. The predicted molar refractivity (Wildman–Crippen MR) is 137 cm³/mol. The van der Waals surface area contributed by atoms with Crippen LogP contribution in [0.5, 0.6) is 11.5 Å². The van der Waals surface area contributed by atoms with Crippen LogP contribution in [0.25, 0.3) is 0 Å². The number of hydrogen-bond donors (Lipinski definition) is 3. The van der Waals surface area contributed by atoms with Crippen molar-refractivity contribution in [1.82, 2.24) is 10.6 Å². The van der Waals surface area contributed by atoms with E-state index in [0.29, 0.717) is 31.1 Å². The van der Waals surface area contributed by atoms with E-state index in [1.54, 1.807) is 33.9 Å². The van der Waals surface area contributed by atoms with Crippen molar-refractivity contribution in [3.63, 3.8) is 0 Å². The lowest BCUT2D eigenvalue weighted by Gasteiger charge is -2.23. The molecule has 0 saturated carbocycles. The van der Waals surface area contributed by atoms with Crippen LogP contribution in [0.2, 0.25) is 0 Å². The van der Waals surface area contributed by atoms with Gasteiger partial charge in [0.25, 0.3) is 0 Å². The summed E-state index contributed by atoms with van der Waals surface area (Å²) in [5.74, 6) is 0.856. The van der Waals surface area contributed by atoms with E-state index in [4.69, 9.17) is 19.9 Å². The van der Waals surface area contributed by atoms with Crippen LogP contribution in [0.15, 0.2) is 36.4 Å². The Kier molecular flexibility index (Phi) is 10.4. The zero-order chi connectivity index (χ0) is 26.0. The van der Waals surface area contributed by atoms with E-state index in [1.165, 1.54) is 11.1 Å². The lowest BCUT2D eigenvalue weighted by molar-refractivity contribution is -0.153. The van der Waals surface area contributed by atoms with Crippen LogP contribution in [0, 0.1) is 19.3 Å². The van der Waals surface area contributed by atoms with E-state index in [1.807, 2.05) is 25.1 Å². The van der Waals surface area contributed by atoms with Crippen LogP contribution in [-0.2, 0) is 22.5 Å². The maximum atomic E-state index is 12.7. The molecule has 0 fully saturated rings. The zero-order valence-corrected chi connectivity index (χ0v) is 21.7. The van der Waals surface area contributed by atoms with Crippen molar-refractivity contribution in [2.24, 2.45) is 11.1 Å². The van der Waals surface area contributed by atoms with E-state index in [0.717, 1.165) is 11.1 Å². The first kappa shape index (κ1) is 28.0. The molecule has 1 atom stereocenters. The fourth-order valence-electron chi connectivity index (χ4n) is 3.29. The molecule has 0 saturated heterocycles. The molecule has 0 aliphatic heterocycles. The molecule has 2 aromatic carbocycles. The Morgan fingerprint density at radius 1 is 1.00 bits per heavy atom. The fraction of sp³-hybridized carbons (Fsp3) is 0.481. The summed E-state index contributed by atoms with van der Waals surface area (Å²) >= 11 is 0. The lowest BCUT2D eigenvalue weighted by Crippen LogP contribution is -2.46. The van der Waals surface area contributed by atoms with Crippen LogP contribution in [0.1, 0.15) is 43.0 Å². The molecule has 0 bridgehead atoms. The van der Waals surface area contributed by atoms with Crippen LogP contribution < -0.4 is 25.8 Å². The molecule has 192 valence electrons. The van der Waals surface area contributed by atoms with Gasteiger partial charge in [-0.1, -0.05) is 24.3 Å². The van der Waals surface area contributed by atoms with Gasteiger partial charge in [-0.15, -0.1) is 0 Å². The second-order valence-electron chi connectivity index (χ2n) is 9.62. The number of ether oxygens (including phenoxy) is 3. The van der Waals surface area contributed by atoms with E-state index in [9.17, 15) is 9.59 Å². The molecule has 0 aliphatic carbocycles. The molecule has 0 spiro atoms. The Balaban J connectivity index is 2.03. The molecule has 0 heterocycles. The van der Waals surface area contributed by atoms with Gasteiger partial charge in [-0.05, 0) is 75.4 Å². The van der Waals surface area contributed by atoms with Gasteiger partial charge in [-0.3, -0.25) is 4.79 Å². The number of nitrogens with one attached hydrogen (secondary N) is 2. The summed E-state index contributed by atoms with van der Waals surface area (Å²) in [7, 11) is 1.56. The first-order valence-corrected chi connectivity index (χ1v) is 11.8.